The number of nitrogens with zero attached hydrogens (tertiary/aromatic N) is 1. The van der Waals surface area contributed by atoms with Crippen LogP contribution >= 0.6 is 11.8 Å². The fourth-order valence-corrected chi connectivity index (χ4v) is 4.44. The standard InChI is InChI=1S/C20H24N2O3S/c1-14(23)21-16-8-6-15(7-9-16)12-17-18(24)22(19(25)26-17)13-20(2)10-4-3-5-11-20/h6-9,12H,3-5,10-11,13H2,1-2H3,(H,21,23)/b17-12+. The molecule has 2 aliphatic rings. The number of rotatable bonds is 4. The fraction of sp³-hybridized carbons (Fsp3) is 0.450. The number of benzene rings is 1. The molecule has 1 aliphatic heterocycles. The van der Waals surface area contributed by atoms with Gasteiger partial charge in [0.2, 0.25) is 5.91 Å². The zero-order valence-electron chi connectivity index (χ0n) is 15.2. The summed E-state index contributed by atoms with van der Waals surface area (Å²) in [5, 5.41) is 2.53. The maximum atomic E-state index is 12.7. The Bertz CT molecular complexity index is 749. The second-order valence-electron chi connectivity index (χ2n) is 7.44. The summed E-state index contributed by atoms with van der Waals surface area (Å²) < 4.78 is 0. The van der Waals surface area contributed by atoms with Crippen molar-refractivity contribution in [2.24, 2.45) is 5.41 Å². The van der Waals surface area contributed by atoms with Gasteiger partial charge in [-0.3, -0.25) is 19.3 Å². The molecular formula is C20H24N2O3S. The molecule has 0 aromatic heterocycles. The molecule has 1 heterocycles. The van der Waals surface area contributed by atoms with Gasteiger partial charge >= 0.3 is 0 Å². The first kappa shape index (κ1) is 18.7. The second-order valence-corrected chi connectivity index (χ2v) is 8.44. The lowest BCUT2D eigenvalue weighted by atomic mass is 9.75. The Labute approximate surface area is 158 Å². The average Bonchev–Trinajstić information content (AvgIpc) is 2.84. The molecule has 2 fully saturated rings. The minimum Gasteiger partial charge on any atom is -0.326 e. The molecule has 6 heteroatoms. The van der Waals surface area contributed by atoms with Crippen molar-refractivity contribution in [3.05, 3.63) is 34.7 Å². The number of carbonyl (C=O) groups is 3. The minimum absolute atomic E-state index is 0.0413. The molecular weight excluding hydrogens is 348 g/mol. The lowest BCUT2D eigenvalue weighted by Gasteiger charge is -2.35. The van der Waals surface area contributed by atoms with Crippen molar-refractivity contribution in [2.45, 2.75) is 46.0 Å². The largest absolute Gasteiger partial charge is 0.326 e. The summed E-state index contributed by atoms with van der Waals surface area (Å²) in [5.41, 5.74) is 1.57. The summed E-state index contributed by atoms with van der Waals surface area (Å²) in [5.74, 6) is -0.326. The van der Waals surface area contributed by atoms with Gasteiger partial charge in [-0.1, -0.05) is 38.3 Å². The second kappa shape index (κ2) is 7.66. The Hall–Kier alpha value is -2.08. The summed E-state index contributed by atoms with van der Waals surface area (Å²) >= 11 is 1.01. The SMILES string of the molecule is CC(=O)Nc1ccc(/C=C2/SC(=O)N(CC3(C)CCCCC3)C2=O)cc1. The Morgan fingerprint density at radius 2 is 1.85 bits per heavy atom. The smallest absolute Gasteiger partial charge is 0.293 e. The predicted octanol–water partition coefficient (Wildman–Crippen LogP) is 4.65. The highest BCUT2D eigenvalue weighted by atomic mass is 32.2. The zero-order chi connectivity index (χ0) is 18.7. The van der Waals surface area contributed by atoms with E-state index in [9.17, 15) is 14.4 Å². The van der Waals surface area contributed by atoms with E-state index in [-0.39, 0.29) is 22.5 Å². The normalized spacial score (nSPS) is 21.3. The third-order valence-electron chi connectivity index (χ3n) is 5.00. The van der Waals surface area contributed by atoms with Crippen molar-refractivity contribution in [1.82, 2.24) is 4.90 Å². The number of hydrogen-bond acceptors (Lipinski definition) is 4. The molecule has 1 saturated heterocycles. The molecule has 3 rings (SSSR count). The van der Waals surface area contributed by atoms with E-state index in [0.717, 1.165) is 30.2 Å². The molecule has 0 spiro atoms. The van der Waals surface area contributed by atoms with Gasteiger partial charge in [-0.25, -0.2) is 0 Å². The van der Waals surface area contributed by atoms with Gasteiger partial charge in [-0.05, 0) is 53.8 Å². The molecule has 1 saturated carbocycles. The Morgan fingerprint density at radius 3 is 2.46 bits per heavy atom. The predicted molar refractivity (Wildman–Crippen MR) is 105 cm³/mol. The van der Waals surface area contributed by atoms with Crippen LogP contribution in [0.2, 0.25) is 0 Å². The van der Waals surface area contributed by atoms with Gasteiger partial charge in [0.1, 0.15) is 0 Å². The monoisotopic (exact) mass is 372 g/mol. The molecule has 138 valence electrons. The molecule has 0 bridgehead atoms. The summed E-state index contributed by atoms with van der Waals surface area (Å²) in [7, 11) is 0. The highest BCUT2D eigenvalue weighted by molar-refractivity contribution is 8.18. The number of nitrogens with one attached hydrogen (secondary N) is 1. The lowest BCUT2D eigenvalue weighted by molar-refractivity contribution is -0.124. The van der Waals surface area contributed by atoms with Gasteiger partial charge in [0.05, 0.1) is 4.91 Å². The minimum atomic E-state index is -0.197. The van der Waals surface area contributed by atoms with Crippen molar-refractivity contribution in [1.29, 1.82) is 0 Å². The van der Waals surface area contributed by atoms with E-state index in [0.29, 0.717) is 17.1 Å². The van der Waals surface area contributed by atoms with E-state index >= 15 is 0 Å². The number of hydrogen-bond donors (Lipinski definition) is 1. The van der Waals surface area contributed by atoms with Crippen molar-refractivity contribution in [3.63, 3.8) is 0 Å². The number of amides is 3. The first-order chi connectivity index (χ1) is 12.4. The third-order valence-corrected chi connectivity index (χ3v) is 5.91. The first-order valence-electron chi connectivity index (χ1n) is 8.99. The average molecular weight is 372 g/mol. The maximum absolute atomic E-state index is 12.7. The molecule has 1 N–H and O–H groups in total. The van der Waals surface area contributed by atoms with Crippen LogP contribution in [0.4, 0.5) is 10.5 Å². The van der Waals surface area contributed by atoms with Crippen molar-refractivity contribution < 1.29 is 14.4 Å². The zero-order valence-corrected chi connectivity index (χ0v) is 16.0. The van der Waals surface area contributed by atoms with Gasteiger partial charge in [-0.15, -0.1) is 0 Å². The van der Waals surface area contributed by atoms with Crippen LogP contribution in [-0.2, 0) is 9.59 Å². The molecule has 1 aromatic carbocycles. The third kappa shape index (κ3) is 4.36. The van der Waals surface area contributed by atoms with E-state index in [1.54, 1.807) is 18.2 Å². The number of carbonyl (C=O) groups excluding carboxylic acids is 3. The van der Waals surface area contributed by atoms with E-state index in [1.807, 2.05) is 12.1 Å². The molecule has 0 radical (unpaired) electrons. The molecule has 0 unspecified atom stereocenters. The molecule has 3 amide bonds. The van der Waals surface area contributed by atoms with Crippen LogP contribution in [0.3, 0.4) is 0 Å². The number of anilines is 1. The van der Waals surface area contributed by atoms with Crippen LogP contribution in [-0.4, -0.2) is 28.5 Å². The van der Waals surface area contributed by atoms with Gasteiger partial charge in [-0.2, -0.15) is 0 Å². The Kier molecular flexibility index (Phi) is 5.51. The van der Waals surface area contributed by atoms with E-state index in [1.165, 1.54) is 31.1 Å². The summed E-state index contributed by atoms with van der Waals surface area (Å²) in [6, 6.07) is 7.20. The highest BCUT2D eigenvalue weighted by Crippen LogP contribution is 2.40. The Balaban J connectivity index is 1.71. The lowest BCUT2D eigenvalue weighted by Crippen LogP contribution is -2.39. The Morgan fingerprint density at radius 1 is 1.19 bits per heavy atom. The van der Waals surface area contributed by atoms with Gasteiger partial charge < -0.3 is 5.32 Å². The topological polar surface area (TPSA) is 66.5 Å². The number of imide groups is 1. The maximum Gasteiger partial charge on any atom is 0.293 e. The van der Waals surface area contributed by atoms with Crippen molar-refractivity contribution in [2.75, 3.05) is 11.9 Å². The van der Waals surface area contributed by atoms with Crippen LogP contribution in [0.25, 0.3) is 6.08 Å². The first-order valence-corrected chi connectivity index (χ1v) is 9.81. The fourth-order valence-electron chi connectivity index (χ4n) is 3.60. The van der Waals surface area contributed by atoms with Gasteiger partial charge in [0.15, 0.2) is 0 Å². The molecule has 1 aromatic rings. The van der Waals surface area contributed by atoms with Crippen molar-refractivity contribution >= 4 is 40.6 Å². The van der Waals surface area contributed by atoms with E-state index in [4.69, 9.17) is 0 Å². The van der Waals surface area contributed by atoms with Crippen LogP contribution in [0.5, 0.6) is 0 Å². The summed E-state index contributed by atoms with van der Waals surface area (Å²) in [6.07, 6.45) is 7.46. The molecule has 5 nitrogen and oxygen atoms in total. The number of thioether (sulfide) groups is 1. The summed E-state index contributed by atoms with van der Waals surface area (Å²) in [6.45, 7) is 4.15. The van der Waals surface area contributed by atoms with Gasteiger partial charge in [0, 0.05) is 19.2 Å². The van der Waals surface area contributed by atoms with Crippen LogP contribution in [0.15, 0.2) is 29.2 Å². The summed E-state index contributed by atoms with van der Waals surface area (Å²) in [4.78, 5) is 38.0. The van der Waals surface area contributed by atoms with E-state index in [2.05, 4.69) is 12.2 Å². The van der Waals surface area contributed by atoms with Crippen LogP contribution < -0.4 is 5.32 Å². The van der Waals surface area contributed by atoms with Crippen LogP contribution in [0, 0.1) is 5.41 Å². The molecule has 0 atom stereocenters. The molecule has 26 heavy (non-hydrogen) atoms. The van der Waals surface area contributed by atoms with Gasteiger partial charge in [0.25, 0.3) is 11.1 Å². The van der Waals surface area contributed by atoms with Crippen molar-refractivity contribution in [3.8, 4) is 0 Å². The van der Waals surface area contributed by atoms with E-state index < -0.39 is 0 Å². The molecule has 1 aliphatic carbocycles. The van der Waals surface area contributed by atoms with Crippen LogP contribution in [0.1, 0.15) is 51.5 Å². The quantitative estimate of drug-likeness (QED) is 0.781. The highest BCUT2D eigenvalue weighted by Gasteiger charge is 2.40.